The quantitative estimate of drug-likeness (QED) is 0.673. The van der Waals surface area contributed by atoms with Crippen LogP contribution in [0.25, 0.3) is 0 Å². The molecule has 0 aromatic heterocycles. The second-order valence-electron chi connectivity index (χ2n) is 4.12. The van der Waals surface area contributed by atoms with Crippen LogP contribution in [-0.4, -0.2) is 14.4 Å². The first kappa shape index (κ1) is 14.6. The Labute approximate surface area is 127 Å². The molecule has 2 unspecified atom stereocenters. The number of anilines is 1. The van der Waals surface area contributed by atoms with E-state index >= 15 is 0 Å². The third-order valence-corrected chi connectivity index (χ3v) is 4.85. The SMILES string of the molecule is C=CC(C(=S)Nc1ccccc1)S(=O)c1ccccc1. The fourth-order valence-electron chi connectivity index (χ4n) is 1.73. The molecule has 0 heterocycles. The van der Waals surface area contributed by atoms with Crippen molar-refractivity contribution in [2.75, 3.05) is 5.32 Å². The Morgan fingerprint density at radius 2 is 1.65 bits per heavy atom. The van der Waals surface area contributed by atoms with Crippen molar-refractivity contribution in [2.24, 2.45) is 0 Å². The highest BCUT2D eigenvalue weighted by Crippen LogP contribution is 2.15. The maximum atomic E-state index is 12.5. The Balaban J connectivity index is 2.14. The van der Waals surface area contributed by atoms with Crippen molar-refractivity contribution in [2.45, 2.75) is 10.1 Å². The van der Waals surface area contributed by atoms with Crippen LogP contribution in [0, 0.1) is 0 Å². The highest BCUT2D eigenvalue weighted by Gasteiger charge is 2.19. The highest BCUT2D eigenvalue weighted by atomic mass is 32.2. The van der Waals surface area contributed by atoms with E-state index in [1.807, 2.05) is 60.7 Å². The monoisotopic (exact) mass is 301 g/mol. The first-order valence-corrected chi connectivity index (χ1v) is 7.78. The van der Waals surface area contributed by atoms with Crippen molar-refractivity contribution in [3.05, 3.63) is 73.3 Å². The van der Waals surface area contributed by atoms with Crippen molar-refractivity contribution >= 4 is 33.7 Å². The molecule has 2 aromatic rings. The first-order chi connectivity index (χ1) is 9.72. The van der Waals surface area contributed by atoms with E-state index in [4.69, 9.17) is 12.2 Å². The van der Waals surface area contributed by atoms with E-state index in [9.17, 15) is 4.21 Å². The van der Waals surface area contributed by atoms with Gasteiger partial charge in [-0.25, -0.2) is 0 Å². The van der Waals surface area contributed by atoms with Gasteiger partial charge in [-0.2, -0.15) is 0 Å². The Hall–Kier alpha value is -1.78. The molecule has 0 aliphatic heterocycles. The standard InChI is InChI=1S/C16H15NOS2/c1-2-15(20(18)14-11-7-4-8-12-14)16(19)17-13-9-5-3-6-10-13/h2-12,15H,1H2,(H,17,19). The zero-order valence-electron chi connectivity index (χ0n) is 10.9. The largest absolute Gasteiger partial charge is 0.349 e. The first-order valence-electron chi connectivity index (χ1n) is 6.16. The minimum absolute atomic E-state index is 0.410. The Kier molecular flexibility index (Phi) is 5.21. The van der Waals surface area contributed by atoms with Gasteiger partial charge in [0.05, 0.1) is 15.8 Å². The molecule has 1 N–H and O–H groups in total. The predicted molar refractivity (Wildman–Crippen MR) is 89.5 cm³/mol. The van der Waals surface area contributed by atoms with E-state index in [-0.39, 0.29) is 0 Å². The van der Waals surface area contributed by atoms with Crippen molar-refractivity contribution in [1.82, 2.24) is 0 Å². The summed E-state index contributed by atoms with van der Waals surface area (Å²) >= 11 is 5.36. The number of para-hydroxylation sites is 1. The van der Waals surface area contributed by atoms with Gasteiger partial charge in [0.15, 0.2) is 0 Å². The van der Waals surface area contributed by atoms with Crippen molar-refractivity contribution in [3.63, 3.8) is 0 Å². The Morgan fingerprint density at radius 3 is 2.20 bits per heavy atom. The fourth-order valence-corrected chi connectivity index (χ4v) is 3.35. The lowest BCUT2D eigenvalue weighted by Gasteiger charge is -2.15. The Morgan fingerprint density at radius 1 is 1.10 bits per heavy atom. The lowest BCUT2D eigenvalue weighted by atomic mass is 10.3. The van der Waals surface area contributed by atoms with Crippen LogP contribution in [0.3, 0.4) is 0 Å². The van der Waals surface area contributed by atoms with E-state index in [1.165, 1.54) is 0 Å². The molecule has 2 atom stereocenters. The van der Waals surface area contributed by atoms with Crippen LogP contribution >= 0.6 is 12.2 Å². The van der Waals surface area contributed by atoms with Crippen molar-refractivity contribution in [3.8, 4) is 0 Å². The molecular weight excluding hydrogens is 286 g/mol. The van der Waals surface area contributed by atoms with Gasteiger partial charge >= 0.3 is 0 Å². The van der Waals surface area contributed by atoms with Crippen LogP contribution in [0.4, 0.5) is 5.69 Å². The molecule has 0 bridgehead atoms. The van der Waals surface area contributed by atoms with Gasteiger partial charge in [0.2, 0.25) is 0 Å². The number of thiocarbonyl (C=S) groups is 1. The molecule has 0 saturated carbocycles. The molecule has 0 aliphatic rings. The third-order valence-electron chi connectivity index (χ3n) is 2.72. The van der Waals surface area contributed by atoms with Gasteiger partial charge < -0.3 is 5.32 Å². The zero-order valence-corrected chi connectivity index (χ0v) is 12.5. The molecular formula is C16H15NOS2. The second kappa shape index (κ2) is 7.12. The lowest BCUT2D eigenvalue weighted by molar-refractivity contribution is 0.683. The maximum absolute atomic E-state index is 12.5. The second-order valence-corrected chi connectivity index (χ2v) is 6.14. The van der Waals surface area contributed by atoms with Crippen LogP contribution in [0.5, 0.6) is 0 Å². The summed E-state index contributed by atoms with van der Waals surface area (Å²) in [7, 11) is -1.25. The number of benzene rings is 2. The molecule has 0 spiro atoms. The molecule has 0 radical (unpaired) electrons. The number of hydrogen-bond acceptors (Lipinski definition) is 2. The molecule has 20 heavy (non-hydrogen) atoms. The summed E-state index contributed by atoms with van der Waals surface area (Å²) in [4.78, 5) is 1.25. The van der Waals surface area contributed by atoms with Crippen molar-refractivity contribution in [1.29, 1.82) is 0 Å². The average molecular weight is 301 g/mol. The molecule has 4 heteroatoms. The molecule has 0 amide bonds. The highest BCUT2D eigenvalue weighted by molar-refractivity contribution is 7.90. The van der Waals surface area contributed by atoms with E-state index in [2.05, 4.69) is 11.9 Å². The van der Waals surface area contributed by atoms with E-state index < -0.39 is 16.0 Å². The molecule has 2 rings (SSSR count). The van der Waals surface area contributed by atoms with Gasteiger partial charge in [-0.3, -0.25) is 4.21 Å². The van der Waals surface area contributed by atoms with E-state index in [0.717, 1.165) is 10.6 Å². The summed E-state index contributed by atoms with van der Waals surface area (Å²) in [5.41, 5.74) is 0.884. The molecule has 102 valence electrons. The summed E-state index contributed by atoms with van der Waals surface area (Å²) < 4.78 is 12.5. The van der Waals surface area contributed by atoms with Gasteiger partial charge in [-0.15, -0.1) is 6.58 Å². The third kappa shape index (κ3) is 3.62. The Bertz CT molecular complexity index is 611. The number of nitrogens with one attached hydrogen (secondary N) is 1. The summed E-state index contributed by atoms with van der Waals surface area (Å²) in [6, 6.07) is 18.9. The predicted octanol–water partition coefficient (Wildman–Crippen LogP) is 3.79. The maximum Gasteiger partial charge on any atom is 0.108 e. The van der Waals surface area contributed by atoms with Crippen LogP contribution in [0.15, 0.2) is 78.2 Å². The lowest BCUT2D eigenvalue weighted by Crippen LogP contribution is -2.28. The van der Waals surface area contributed by atoms with Gasteiger partial charge in [0.1, 0.15) is 5.25 Å². The van der Waals surface area contributed by atoms with Gasteiger partial charge in [-0.05, 0) is 24.3 Å². The average Bonchev–Trinajstić information content (AvgIpc) is 2.49. The van der Waals surface area contributed by atoms with Crippen LogP contribution in [0.1, 0.15) is 0 Å². The van der Waals surface area contributed by atoms with Gasteiger partial charge in [0, 0.05) is 10.6 Å². The van der Waals surface area contributed by atoms with Gasteiger partial charge in [-0.1, -0.05) is 54.7 Å². The summed E-state index contributed by atoms with van der Waals surface area (Å²) in [5, 5.41) is 2.70. The van der Waals surface area contributed by atoms with Crippen LogP contribution in [-0.2, 0) is 10.8 Å². The normalized spacial score (nSPS) is 13.2. The topological polar surface area (TPSA) is 29.1 Å². The minimum atomic E-state index is -1.25. The summed E-state index contributed by atoms with van der Waals surface area (Å²) in [6.45, 7) is 3.75. The molecule has 0 aliphatic carbocycles. The smallest absolute Gasteiger partial charge is 0.108 e. The van der Waals surface area contributed by atoms with E-state index in [1.54, 1.807) is 6.08 Å². The van der Waals surface area contributed by atoms with Crippen LogP contribution < -0.4 is 5.32 Å². The van der Waals surface area contributed by atoms with Crippen LogP contribution in [0.2, 0.25) is 0 Å². The molecule has 0 saturated heterocycles. The molecule has 0 fully saturated rings. The molecule has 2 nitrogen and oxygen atoms in total. The summed E-state index contributed by atoms with van der Waals surface area (Å²) in [5.74, 6) is 0. The minimum Gasteiger partial charge on any atom is -0.349 e. The summed E-state index contributed by atoms with van der Waals surface area (Å²) in [6.07, 6.45) is 1.63. The van der Waals surface area contributed by atoms with Crippen molar-refractivity contribution < 1.29 is 4.21 Å². The fraction of sp³-hybridized carbons (Fsp3) is 0.0625. The number of rotatable bonds is 5. The van der Waals surface area contributed by atoms with E-state index in [0.29, 0.717) is 4.99 Å². The zero-order chi connectivity index (χ0) is 14.4. The van der Waals surface area contributed by atoms with Gasteiger partial charge in [0.25, 0.3) is 0 Å². The molecule has 2 aromatic carbocycles. The number of hydrogen-bond donors (Lipinski definition) is 1.